The molecule has 0 amide bonds. The molecule has 1 aromatic rings. The number of hydrogen-bond acceptors (Lipinski definition) is 2. The minimum Gasteiger partial charge on any atom is -0.384 e. The fourth-order valence-electron chi connectivity index (χ4n) is 1.23. The highest BCUT2D eigenvalue weighted by Crippen LogP contribution is 2.23. The molecule has 0 bridgehead atoms. The zero-order valence-corrected chi connectivity index (χ0v) is 7.73. The van der Waals surface area contributed by atoms with Gasteiger partial charge in [-0.25, -0.2) is 4.98 Å². The molecule has 1 aromatic heterocycles. The number of rotatable bonds is 2. The predicted molar refractivity (Wildman–Crippen MR) is 47.8 cm³/mol. The smallest absolute Gasteiger partial charge is 0.384 e. The van der Waals surface area contributed by atoms with E-state index in [-0.39, 0.29) is 11.4 Å². The molecule has 0 aliphatic rings. The molecular weight excluding hydrogens is 193 g/mol. The number of alkyl halides is 3. The van der Waals surface area contributed by atoms with Crippen molar-refractivity contribution in [3.05, 3.63) is 23.4 Å². The molecule has 1 rings (SSSR count). The van der Waals surface area contributed by atoms with E-state index in [1.54, 1.807) is 6.92 Å². The SMILES string of the molecule is CCc1nc(N)ccc1CC(F)(F)F. The number of aryl methyl sites for hydroxylation is 1. The van der Waals surface area contributed by atoms with Crippen molar-refractivity contribution in [2.24, 2.45) is 0 Å². The number of nitrogen functional groups attached to an aromatic ring is 1. The lowest BCUT2D eigenvalue weighted by molar-refractivity contribution is -0.127. The average molecular weight is 204 g/mol. The van der Waals surface area contributed by atoms with E-state index in [9.17, 15) is 13.2 Å². The number of pyridine rings is 1. The van der Waals surface area contributed by atoms with E-state index >= 15 is 0 Å². The van der Waals surface area contributed by atoms with Crippen LogP contribution < -0.4 is 5.73 Å². The Morgan fingerprint density at radius 1 is 1.36 bits per heavy atom. The first-order valence-corrected chi connectivity index (χ1v) is 4.23. The molecule has 0 aliphatic carbocycles. The predicted octanol–water partition coefficient (Wildman–Crippen LogP) is 2.33. The summed E-state index contributed by atoms with van der Waals surface area (Å²) in [6.45, 7) is 1.75. The standard InChI is InChI=1S/C9H11F3N2/c1-2-7-6(5-9(10,11)12)3-4-8(13)14-7/h3-4H,2,5H2,1H3,(H2,13,14). The second-order valence-electron chi connectivity index (χ2n) is 2.99. The van der Waals surface area contributed by atoms with Crippen LogP contribution in [0.25, 0.3) is 0 Å². The normalized spacial score (nSPS) is 11.7. The summed E-state index contributed by atoms with van der Waals surface area (Å²) in [6.07, 6.45) is -4.68. The molecule has 0 atom stereocenters. The summed E-state index contributed by atoms with van der Waals surface area (Å²) in [6, 6.07) is 2.77. The molecule has 78 valence electrons. The lowest BCUT2D eigenvalue weighted by Crippen LogP contribution is -2.14. The first-order valence-electron chi connectivity index (χ1n) is 4.23. The molecule has 0 spiro atoms. The fourth-order valence-corrected chi connectivity index (χ4v) is 1.23. The summed E-state index contributed by atoms with van der Waals surface area (Å²) in [5, 5.41) is 0. The number of hydrogen-bond donors (Lipinski definition) is 1. The van der Waals surface area contributed by atoms with Gasteiger partial charge < -0.3 is 5.73 Å². The van der Waals surface area contributed by atoms with Crippen LogP contribution in [0.15, 0.2) is 12.1 Å². The van der Waals surface area contributed by atoms with Gasteiger partial charge >= 0.3 is 6.18 Å². The molecule has 0 aromatic carbocycles. The number of nitrogens with two attached hydrogens (primary N) is 1. The van der Waals surface area contributed by atoms with E-state index in [2.05, 4.69) is 4.98 Å². The van der Waals surface area contributed by atoms with Gasteiger partial charge in [0.25, 0.3) is 0 Å². The molecule has 14 heavy (non-hydrogen) atoms. The molecule has 2 N–H and O–H groups in total. The van der Waals surface area contributed by atoms with Crippen molar-refractivity contribution in [1.82, 2.24) is 4.98 Å². The van der Waals surface area contributed by atoms with E-state index in [1.807, 2.05) is 0 Å². The lowest BCUT2D eigenvalue weighted by atomic mass is 10.1. The molecular formula is C9H11F3N2. The van der Waals surface area contributed by atoms with Gasteiger partial charge in [0, 0.05) is 5.69 Å². The van der Waals surface area contributed by atoms with Crippen LogP contribution in [0.5, 0.6) is 0 Å². The minimum atomic E-state index is -4.19. The van der Waals surface area contributed by atoms with Gasteiger partial charge in [-0.3, -0.25) is 0 Å². The maximum absolute atomic E-state index is 12.1. The topological polar surface area (TPSA) is 38.9 Å². The van der Waals surface area contributed by atoms with Crippen LogP contribution in [0.1, 0.15) is 18.2 Å². The molecule has 0 fully saturated rings. The van der Waals surface area contributed by atoms with Gasteiger partial charge in [-0.1, -0.05) is 13.0 Å². The van der Waals surface area contributed by atoms with Crippen molar-refractivity contribution in [2.45, 2.75) is 25.9 Å². The Morgan fingerprint density at radius 3 is 2.50 bits per heavy atom. The minimum absolute atomic E-state index is 0.203. The summed E-state index contributed by atoms with van der Waals surface area (Å²) in [4.78, 5) is 3.85. The molecule has 0 radical (unpaired) electrons. The zero-order chi connectivity index (χ0) is 10.8. The molecule has 0 saturated carbocycles. The summed E-state index contributed by atoms with van der Waals surface area (Å²) in [5.41, 5.74) is 6.00. The van der Waals surface area contributed by atoms with Crippen LogP contribution in [0.4, 0.5) is 19.0 Å². The van der Waals surface area contributed by atoms with Crippen molar-refractivity contribution in [3.8, 4) is 0 Å². The quantitative estimate of drug-likeness (QED) is 0.802. The molecule has 2 nitrogen and oxygen atoms in total. The summed E-state index contributed by atoms with van der Waals surface area (Å²) in [5.74, 6) is 0.257. The van der Waals surface area contributed by atoms with Gasteiger partial charge in [0.1, 0.15) is 5.82 Å². The highest BCUT2D eigenvalue weighted by molar-refractivity contribution is 5.34. The lowest BCUT2D eigenvalue weighted by Gasteiger charge is -2.10. The van der Waals surface area contributed by atoms with Gasteiger partial charge in [-0.15, -0.1) is 0 Å². The second kappa shape index (κ2) is 3.86. The van der Waals surface area contributed by atoms with Crippen LogP contribution in [-0.4, -0.2) is 11.2 Å². The maximum atomic E-state index is 12.1. The molecule has 5 heteroatoms. The third kappa shape index (κ3) is 2.90. The monoisotopic (exact) mass is 204 g/mol. The van der Waals surface area contributed by atoms with Crippen LogP contribution >= 0.6 is 0 Å². The highest BCUT2D eigenvalue weighted by Gasteiger charge is 2.28. The van der Waals surface area contributed by atoms with Crippen molar-refractivity contribution in [3.63, 3.8) is 0 Å². The van der Waals surface area contributed by atoms with E-state index in [4.69, 9.17) is 5.73 Å². The van der Waals surface area contributed by atoms with Crippen LogP contribution in [0, 0.1) is 0 Å². The van der Waals surface area contributed by atoms with E-state index < -0.39 is 12.6 Å². The summed E-state index contributed by atoms with van der Waals surface area (Å²) < 4.78 is 36.3. The Kier molecular flexibility index (Phi) is 2.98. The van der Waals surface area contributed by atoms with Crippen molar-refractivity contribution in [1.29, 1.82) is 0 Å². The third-order valence-electron chi connectivity index (χ3n) is 1.82. The van der Waals surface area contributed by atoms with Crippen molar-refractivity contribution in [2.75, 3.05) is 5.73 Å². The number of halogens is 3. The van der Waals surface area contributed by atoms with Crippen molar-refractivity contribution < 1.29 is 13.2 Å². The molecule has 0 saturated heterocycles. The Bertz CT molecular complexity index is 320. The van der Waals surface area contributed by atoms with Gasteiger partial charge in [0.15, 0.2) is 0 Å². The Labute approximate surface area is 79.9 Å². The summed E-state index contributed by atoms with van der Waals surface area (Å²) >= 11 is 0. The fraction of sp³-hybridized carbons (Fsp3) is 0.444. The van der Waals surface area contributed by atoms with Crippen LogP contribution in [0.2, 0.25) is 0 Å². The first kappa shape index (κ1) is 10.8. The Morgan fingerprint density at radius 2 is 2.00 bits per heavy atom. The number of nitrogens with zero attached hydrogens (tertiary/aromatic N) is 1. The van der Waals surface area contributed by atoms with E-state index in [0.717, 1.165) is 0 Å². The van der Waals surface area contributed by atoms with Crippen LogP contribution in [0.3, 0.4) is 0 Å². The van der Waals surface area contributed by atoms with Gasteiger partial charge in [-0.2, -0.15) is 13.2 Å². The highest BCUT2D eigenvalue weighted by atomic mass is 19.4. The largest absolute Gasteiger partial charge is 0.393 e. The number of anilines is 1. The van der Waals surface area contributed by atoms with E-state index in [1.165, 1.54) is 12.1 Å². The second-order valence-corrected chi connectivity index (χ2v) is 2.99. The Hall–Kier alpha value is -1.26. The van der Waals surface area contributed by atoms with Gasteiger partial charge in [0.2, 0.25) is 0 Å². The molecule has 0 unspecified atom stereocenters. The zero-order valence-electron chi connectivity index (χ0n) is 7.73. The molecule has 0 aliphatic heterocycles. The third-order valence-corrected chi connectivity index (χ3v) is 1.82. The average Bonchev–Trinajstić information content (AvgIpc) is 2.06. The van der Waals surface area contributed by atoms with Crippen molar-refractivity contribution >= 4 is 5.82 Å². The first-order chi connectivity index (χ1) is 6.42. The van der Waals surface area contributed by atoms with Gasteiger partial charge in [0.05, 0.1) is 6.42 Å². The number of aromatic nitrogens is 1. The van der Waals surface area contributed by atoms with Crippen LogP contribution in [-0.2, 0) is 12.8 Å². The molecule has 1 heterocycles. The summed E-state index contributed by atoms with van der Waals surface area (Å²) in [7, 11) is 0. The maximum Gasteiger partial charge on any atom is 0.393 e. The van der Waals surface area contributed by atoms with Gasteiger partial charge in [-0.05, 0) is 18.1 Å². The van der Waals surface area contributed by atoms with E-state index in [0.29, 0.717) is 12.1 Å². The Balaban J connectivity index is 2.97.